The lowest BCUT2D eigenvalue weighted by Gasteiger charge is -2.11. The fraction of sp³-hybridized carbons (Fsp3) is 0.214. The van der Waals surface area contributed by atoms with E-state index >= 15 is 0 Å². The molecular formula is C14H15NO3. The van der Waals surface area contributed by atoms with Crippen LogP contribution < -0.4 is 10.3 Å². The third-order valence-corrected chi connectivity index (χ3v) is 2.56. The monoisotopic (exact) mass is 245 g/mol. The van der Waals surface area contributed by atoms with Gasteiger partial charge in [0.2, 0.25) is 5.75 Å². The van der Waals surface area contributed by atoms with Crippen molar-refractivity contribution in [3.8, 4) is 22.6 Å². The molecule has 0 aliphatic heterocycles. The van der Waals surface area contributed by atoms with Crippen molar-refractivity contribution in [2.75, 3.05) is 6.61 Å². The normalized spacial score (nSPS) is 10.3. The number of aromatic nitrogens is 1. The molecule has 2 N–H and O–H groups in total. The van der Waals surface area contributed by atoms with Gasteiger partial charge in [-0.05, 0) is 12.0 Å². The number of aromatic hydroxyl groups is 1. The number of benzene rings is 1. The van der Waals surface area contributed by atoms with Gasteiger partial charge in [0.1, 0.15) is 0 Å². The summed E-state index contributed by atoms with van der Waals surface area (Å²) in [5, 5.41) is 9.80. The maximum Gasteiger partial charge on any atom is 0.294 e. The molecule has 2 rings (SSSR count). The van der Waals surface area contributed by atoms with Crippen molar-refractivity contribution in [1.82, 2.24) is 4.98 Å². The van der Waals surface area contributed by atoms with Gasteiger partial charge in [-0.1, -0.05) is 37.3 Å². The number of pyridine rings is 1. The molecule has 0 amide bonds. The van der Waals surface area contributed by atoms with Crippen LogP contribution in [0.3, 0.4) is 0 Å². The second kappa shape index (κ2) is 5.40. The highest BCUT2D eigenvalue weighted by molar-refractivity contribution is 5.72. The summed E-state index contributed by atoms with van der Waals surface area (Å²) in [6, 6.07) is 9.47. The topological polar surface area (TPSA) is 62.3 Å². The molecule has 18 heavy (non-hydrogen) atoms. The van der Waals surface area contributed by atoms with E-state index < -0.39 is 5.56 Å². The predicted octanol–water partition coefficient (Wildman–Crippen LogP) is 2.54. The van der Waals surface area contributed by atoms with E-state index in [1.54, 1.807) is 6.20 Å². The first-order valence-electron chi connectivity index (χ1n) is 5.87. The lowest BCUT2D eigenvalue weighted by atomic mass is 10.1. The molecule has 0 spiro atoms. The molecular weight excluding hydrogens is 230 g/mol. The summed E-state index contributed by atoms with van der Waals surface area (Å²) in [6.07, 6.45) is 2.36. The number of hydrogen-bond donors (Lipinski definition) is 2. The Hall–Kier alpha value is -2.23. The van der Waals surface area contributed by atoms with E-state index in [0.717, 1.165) is 12.0 Å². The molecule has 1 heterocycles. The van der Waals surface area contributed by atoms with E-state index in [2.05, 4.69) is 4.98 Å². The number of aromatic amines is 1. The summed E-state index contributed by atoms with van der Waals surface area (Å²) in [5.74, 6) is -0.128. The van der Waals surface area contributed by atoms with Gasteiger partial charge >= 0.3 is 0 Å². The first-order chi connectivity index (χ1) is 8.74. The Bertz CT molecular complexity index is 575. The van der Waals surface area contributed by atoms with E-state index in [1.807, 2.05) is 37.3 Å². The Morgan fingerprint density at radius 1 is 1.28 bits per heavy atom. The Kier molecular flexibility index (Phi) is 3.67. The third-order valence-electron chi connectivity index (χ3n) is 2.56. The van der Waals surface area contributed by atoms with Gasteiger partial charge in [0.05, 0.1) is 6.61 Å². The van der Waals surface area contributed by atoms with Crippen LogP contribution in [-0.2, 0) is 0 Å². The molecule has 0 bridgehead atoms. The zero-order valence-corrected chi connectivity index (χ0v) is 10.1. The molecule has 0 saturated carbocycles. The van der Waals surface area contributed by atoms with Gasteiger partial charge in [0.25, 0.3) is 5.56 Å². The van der Waals surface area contributed by atoms with Gasteiger partial charge in [0.15, 0.2) is 5.75 Å². The average Bonchev–Trinajstić information content (AvgIpc) is 2.41. The standard InChI is InChI=1S/C14H15NO3/c1-2-8-18-13-11(9-15-14(17)12(13)16)10-6-4-3-5-7-10/h3-7,9,16H,2,8H2,1H3,(H,15,17). The minimum Gasteiger partial charge on any atom is -0.500 e. The molecule has 0 saturated heterocycles. The highest BCUT2D eigenvalue weighted by Gasteiger charge is 2.14. The lowest BCUT2D eigenvalue weighted by molar-refractivity contribution is 0.299. The van der Waals surface area contributed by atoms with Gasteiger partial charge in [-0.25, -0.2) is 0 Å². The SMILES string of the molecule is CCCOc1c(-c2ccccc2)c[nH]c(=O)c1O. The van der Waals surface area contributed by atoms with Crippen molar-refractivity contribution in [3.05, 3.63) is 46.9 Å². The zero-order chi connectivity index (χ0) is 13.0. The van der Waals surface area contributed by atoms with E-state index in [4.69, 9.17) is 4.74 Å². The van der Waals surface area contributed by atoms with Crippen molar-refractivity contribution < 1.29 is 9.84 Å². The quantitative estimate of drug-likeness (QED) is 0.870. The first kappa shape index (κ1) is 12.2. The van der Waals surface area contributed by atoms with Crippen LogP contribution >= 0.6 is 0 Å². The van der Waals surface area contributed by atoms with Gasteiger partial charge in [-0.15, -0.1) is 0 Å². The highest BCUT2D eigenvalue weighted by atomic mass is 16.5. The Morgan fingerprint density at radius 3 is 2.67 bits per heavy atom. The second-order valence-electron chi connectivity index (χ2n) is 3.92. The number of nitrogens with one attached hydrogen (secondary N) is 1. The second-order valence-corrected chi connectivity index (χ2v) is 3.92. The summed E-state index contributed by atoms with van der Waals surface area (Å²) < 4.78 is 5.48. The molecule has 0 aliphatic rings. The molecule has 1 aromatic carbocycles. The predicted molar refractivity (Wildman–Crippen MR) is 69.9 cm³/mol. The third kappa shape index (κ3) is 2.37. The number of rotatable bonds is 4. The summed E-state index contributed by atoms with van der Waals surface area (Å²) in [6.45, 7) is 2.42. The van der Waals surface area contributed by atoms with E-state index in [9.17, 15) is 9.90 Å². The van der Waals surface area contributed by atoms with Crippen molar-refractivity contribution in [2.45, 2.75) is 13.3 Å². The summed E-state index contributed by atoms with van der Waals surface area (Å²) in [5.41, 5.74) is 1.03. The minimum atomic E-state index is -0.541. The van der Waals surface area contributed by atoms with Crippen LogP contribution in [0.1, 0.15) is 13.3 Å². The Labute approximate surface area is 105 Å². The van der Waals surface area contributed by atoms with Crippen LogP contribution in [0.5, 0.6) is 11.5 Å². The van der Waals surface area contributed by atoms with Crippen LogP contribution in [0.4, 0.5) is 0 Å². The maximum atomic E-state index is 11.4. The van der Waals surface area contributed by atoms with Crippen molar-refractivity contribution in [1.29, 1.82) is 0 Å². The van der Waals surface area contributed by atoms with Crippen molar-refractivity contribution >= 4 is 0 Å². The molecule has 0 unspecified atom stereocenters. The van der Waals surface area contributed by atoms with Gasteiger partial charge in [-0.3, -0.25) is 4.79 Å². The van der Waals surface area contributed by atoms with E-state index in [1.165, 1.54) is 0 Å². The maximum absolute atomic E-state index is 11.4. The highest BCUT2D eigenvalue weighted by Crippen LogP contribution is 2.34. The Morgan fingerprint density at radius 2 is 2.00 bits per heavy atom. The lowest BCUT2D eigenvalue weighted by Crippen LogP contribution is -2.08. The minimum absolute atomic E-state index is 0.242. The summed E-state index contributed by atoms with van der Waals surface area (Å²) in [7, 11) is 0. The zero-order valence-electron chi connectivity index (χ0n) is 10.1. The number of ether oxygens (including phenoxy) is 1. The number of H-pyrrole nitrogens is 1. The molecule has 4 nitrogen and oxygen atoms in total. The molecule has 2 aromatic rings. The molecule has 0 atom stereocenters. The smallest absolute Gasteiger partial charge is 0.294 e. The number of hydrogen-bond acceptors (Lipinski definition) is 3. The van der Waals surface area contributed by atoms with Gasteiger partial charge in [0, 0.05) is 11.8 Å². The molecule has 0 radical (unpaired) electrons. The van der Waals surface area contributed by atoms with Crippen LogP contribution in [0.2, 0.25) is 0 Å². The van der Waals surface area contributed by atoms with Gasteiger partial charge < -0.3 is 14.8 Å². The van der Waals surface area contributed by atoms with E-state index in [0.29, 0.717) is 12.2 Å². The molecule has 0 fully saturated rings. The van der Waals surface area contributed by atoms with Crippen LogP contribution in [0.25, 0.3) is 11.1 Å². The summed E-state index contributed by atoms with van der Waals surface area (Å²) >= 11 is 0. The molecule has 0 aliphatic carbocycles. The summed E-state index contributed by atoms with van der Waals surface area (Å²) in [4.78, 5) is 13.9. The first-order valence-corrected chi connectivity index (χ1v) is 5.87. The van der Waals surface area contributed by atoms with Crippen LogP contribution in [-0.4, -0.2) is 16.7 Å². The molecule has 1 aromatic heterocycles. The van der Waals surface area contributed by atoms with Gasteiger partial charge in [-0.2, -0.15) is 0 Å². The van der Waals surface area contributed by atoms with E-state index in [-0.39, 0.29) is 11.5 Å². The largest absolute Gasteiger partial charge is 0.500 e. The fourth-order valence-corrected chi connectivity index (χ4v) is 1.68. The fourth-order valence-electron chi connectivity index (χ4n) is 1.68. The van der Waals surface area contributed by atoms with Crippen LogP contribution in [0.15, 0.2) is 41.3 Å². The van der Waals surface area contributed by atoms with Crippen molar-refractivity contribution in [2.24, 2.45) is 0 Å². The van der Waals surface area contributed by atoms with Crippen LogP contribution in [0, 0.1) is 0 Å². The average molecular weight is 245 g/mol. The Balaban J connectivity index is 2.53. The van der Waals surface area contributed by atoms with Crippen molar-refractivity contribution in [3.63, 3.8) is 0 Å². The molecule has 4 heteroatoms. The molecule has 94 valence electrons.